The number of hydrogen-bond donors (Lipinski definition) is 1. The highest BCUT2D eigenvalue weighted by atomic mass is 32.2. The molecule has 1 saturated carbocycles. The molecule has 0 aliphatic heterocycles. The first-order valence-corrected chi connectivity index (χ1v) is 6.49. The lowest BCUT2D eigenvalue weighted by atomic mass is 9.90. The summed E-state index contributed by atoms with van der Waals surface area (Å²) < 4.78 is 0. The summed E-state index contributed by atoms with van der Waals surface area (Å²) in [5.41, 5.74) is 0. The van der Waals surface area contributed by atoms with E-state index >= 15 is 0 Å². The summed E-state index contributed by atoms with van der Waals surface area (Å²) in [6, 6.07) is 0. The van der Waals surface area contributed by atoms with Crippen LogP contribution in [-0.4, -0.2) is 21.9 Å². The van der Waals surface area contributed by atoms with Gasteiger partial charge in [-0.05, 0) is 12.8 Å². The lowest BCUT2D eigenvalue weighted by Crippen LogP contribution is -2.18. The Kier molecular flexibility index (Phi) is 5.15. The van der Waals surface area contributed by atoms with Crippen LogP contribution >= 0.6 is 11.8 Å². The van der Waals surface area contributed by atoms with E-state index in [1.165, 1.54) is 18.2 Å². The van der Waals surface area contributed by atoms with Crippen LogP contribution in [0.1, 0.15) is 39.0 Å². The first-order valence-electron chi connectivity index (χ1n) is 5.50. The van der Waals surface area contributed by atoms with Crippen molar-refractivity contribution in [3.63, 3.8) is 0 Å². The Bertz CT molecular complexity index is 234. The van der Waals surface area contributed by atoms with Crippen LogP contribution in [0.15, 0.2) is 0 Å². The van der Waals surface area contributed by atoms with Gasteiger partial charge in [0.25, 0.3) is 0 Å². The number of aliphatic carboxylic acids is 1. The highest BCUT2D eigenvalue weighted by molar-refractivity contribution is 8.13. The zero-order valence-corrected chi connectivity index (χ0v) is 9.89. The molecular formula is C11H18O3S. The van der Waals surface area contributed by atoms with Crippen LogP contribution in [0.3, 0.4) is 0 Å². The Balaban J connectivity index is 2.25. The van der Waals surface area contributed by atoms with Crippen LogP contribution in [0.4, 0.5) is 0 Å². The molecule has 0 aromatic rings. The second-order valence-corrected chi connectivity index (χ2v) is 5.23. The number of carboxylic acid groups (broad SMARTS) is 1. The molecule has 0 spiro atoms. The van der Waals surface area contributed by atoms with Crippen molar-refractivity contribution in [2.45, 2.75) is 39.0 Å². The van der Waals surface area contributed by atoms with E-state index in [-0.39, 0.29) is 11.0 Å². The zero-order chi connectivity index (χ0) is 11.3. The van der Waals surface area contributed by atoms with Crippen molar-refractivity contribution < 1.29 is 14.7 Å². The average molecular weight is 230 g/mol. The van der Waals surface area contributed by atoms with Gasteiger partial charge in [-0.15, -0.1) is 0 Å². The predicted octanol–water partition coefficient (Wildman–Crippen LogP) is 2.55. The van der Waals surface area contributed by atoms with Gasteiger partial charge in [-0.25, -0.2) is 0 Å². The van der Waals surface area contributed by atoms with Gasteiger partial charge in [-0.3, -0.25) is 9.59 Å². The first-order chi connectivity index (χ1) is 7.11. The molecule has 0 radical (unpaired) electrons. The van der Waals surface area contributed by atoms with Gasteiger partial charge in [-0.2, -0.15) is 0 Å². The minimum Gasteiger partial charge on any atom is -0.481 e. The molecule has 0 amide bonds. The second kappa shape index (κ2) is 6.16. The van der Waals surface area contributed by atoms with Crippen LogP contribution in [0.5, 0.6) is 0 Å². The van der Waals surface area contributed by atoms with Crippen molar-refractivity contribution in [3.8, 4) is 0 Å². The molecule has 1 aliphatic carbocycles. The maximum atomic E-state index is 11.7. The summed E-state index contributed by atoms with van der Waals surface area (Å²) in [4.78, 5) is 22.3. The van der Waals surface area contributed by atoms with E-state index in [2.05, 4.69) is 0 Å². The molecule has 3 nitrogen and oxygen atoms in total. The van der Waals surface area contributed by atoms with Gasteiger partial charge in [0.1, 0.15) is 0 Å². The maximum Gasteiger partial charge on any atom is 0.307 e. The van der Waals surface area contributed by atoms with Crippen molar-refractivity contribution in [2.24, 2.45) is 11.8 Å². The van der Waals surface area contributed by atoms with E-state index in [4.69, 9.17) is 5.11 Å². The number of carboxylic acids is 1. The number of hydrogen-bond acceptors (Lipinski definition) is 3. The normalized spacial score (nSPS) is 19.8. The average Bonchev–Trinajstić information content (AvgIpc) is 2.26. The van der Waals surface area contributed by atoms with Gasteiger partial charge in [0.15, 0.2) is 5.12 Å². The Morgan fingerprint density at radius 2 is 1.93 bits per heavy atom. The fraction of sp³-hybridized carbons (Fsp3) is 0.818. The van der Waals surface area contributed by atoms with Crippen molar-refractivity contribution in [3.05, 3.63) is 0 Å². The summed E-state index contributed by atoms with van der Waals surface area (Å²) >= 11 is 1.20. The Morgan fingerprint density at radius 1 is 1.33 bits per heavy atom. The van der Waals surface area contributed by atoms with E-state index in [1.54, 1.807) is 6.92 Å². The molecule has 1 rings (SSSR count). The Morgan fingerprint density at radius 3 is 2.47 bits per heavy atom. The van der Waals surface area contributed by atoms with E-state index < -0.39 is 11.9 Å². The largest absolute Gasteiger partial charge is 0.481 e. The SMILES string of the molecule is CC(CSC(=O)C1CCCCC1)C(=O)O. The topological polar surface area (TPSA) is 54.4 Å². The van der Waals surface area contributed by atoms with Crippen LogP contribution in [0.2, 0.25) is 0 Å². The van der Waals surface area contributed by atoms with Gasteiger partial charge >= 0.3 is 5.97 Å². The van der Waals surface area contributed by atoms with E-state index in [0.717, 1.165) is 25.7 Å². The van der Waals surface area contributed by atoms with Gasteiger partial charge in [0.05, 0.1) is 5.92 Å². The van der Waals surface area contributed by atoms with Crippen LogP contribution in [-0.2, 0) is 9.59 Å². The van der Waals surface area contributed by atoms with Crippen molar-refractivity contribution in [1.29, 1.82) is 0 Å². The summed E-state index contributed by atoms with van der Waals surface area (Å²) in [7, 11) is 0. The number of thioether (sulfide) groups is 1. The number of carbonyl (C=O) groups excluding carboxylic acids is 1. The van der Waals surface area contributed by atoms with Gasteiger partial charge < -0.3 is 5.11 Å². The predicted molar refractivity (Wildman–Crippen MR) is 60.8 cm³/mol. The highest BCUT2D eigenvalue weighted by Gasteiger charge is 2.22. The summed E-state index contributed by atoms with van der Waals surface area (Å²) in [6.07, 6.45) is 5.51. The lowest BCUT2D eigenvalue weighted by molar-refractivity contribution is -0.140. The molecule has 1 unspecified atom stereocenters. The minimum absolute atomic E-state index is 0.185. The molecule has 15 heavy (non-hydrogen) atoms. The van der Waals surface area contributed by atoms with Crippen molar-refractivity contribution >= 4 is 22.8 Å². The minimum atomic E-state index is -0.820. The Labute approximate surface area is 94.6 Å². The molecule has 4 heteroatoms. The molecule has 1 aliphatic rings. The zero-order valence-electron chi connectivity index (χ0n) is 9.07. The summed E-state index contributed by atoms with van der Waals surface area (Å²) in [6.45, 7) is 1.64. The number of rotatable bonds is 4. The monoisotopic (exact) mass is 230 g/mol. The summed E-state index contributed by atoms with van der Waals surface area (Å²) in [5.74, 6) is -0.656. The van der Waals surface area contributed by atoms with Crippen molar-refractivity contribution in [1.82, 2.24) is 0 Å². The molecule has 1 N–H and O–H groups in total. The maximum absolute atomic E-state index is 11.7. The van der Waals surface area contributed by atoms with E-state index in [0.29, 0.717) is 5.75 Å². The molecule has 1 atom stereocenters. The first kappa shape index (κ1) is 12.6. The van der Waals surface area contributed by atoms with Crippen molar-refractivity contribution in [2.75, 3.05) is 5.75 Å². The Hall–Kier alpha value is -0.510. The second-order valence-electron chi connectivity index (χ2n) is 4.20. The molecule has 0 saturated heterocycles. The fourth-order valence-electron chi connectivity index (χ4n) is 1.73. The quantitative estimate of drug-likeness (QED) is 0.806. The third-order valence-electron chi connectivity index (χ3n) is 2.84. The van der Waals surface area contributed by atoms with Gasteiger partial charge in [-0.1, -0.05) is 37.9 Å². The molecular weight excluding hydrogens is 212 g/mol. The molecule has 0 aromatic carbocycles. The molecule has 86 valence electrons. The van der Waals surface area contributed by atoms with E-state index in [9.17, 15) is 9.59 Å². The third-order valence-corrected chi connectivity index (χ3v) is 4.12. The van der Waals surface area contributed by atoms with Crippen LogP contribution in [0, 0.1) is 11.8 Å². The van der Waals surface area contributed by atoms with Gasteiger partial charge in [0.2, 0.25) is 0 Å². The molecule has 0 aromatic heterocycles. The fourth-order valence-corrected chi connectivity index (χ4v) is 2.76. The summed E-state index contributed by atoms with van der Waals surface area (Å²) in [5, 5.41) is 8.88. The standard InChI is InChI=1S/C11H18O3S/c1-8(10(12)13)7-15-11(14)9-5-3-2-4-6-9/h8-9H,2-7H2,1H3,(H,12,13). The third kappa shape index (κ3) is 4.24. The van der Waals surface area contributed by atoms with Crippen LogP contribution in [0.25, 0.3) is 0 Å². The number of carbonyl (C=O) groups is 2. The molecule has 1 fully saturated rings. The lowest BCUT2D eigenvalue weighted by Gasteiger charge is -2.19. The smallest absolute Gasteiger partial charge is 0.307 e. The highest BCUT2D eigenvalue weighted by Crippen LogP contribution is 2.28. The molecule has 0 bridgehead atoms. The van der Waals surface area contributed by atoms with Crippen LogP contribution < -0.4 is 0 Å². The van der Waals surface area contributed by atoms with E-state index in [1.807, 2.05) is 0 Å². The molecule has 0 heterocycles. The van der Waals surface area contributed by atoms with Gasteiger partial charge in [0, 0.05) is 11.7 Å².